The van der Waals surface area contributed by atoms with Crippen LogP contribution >= 0.6 is 271 Å². The van der Waals surface area contributed by atoms with E-state index in [9.17, 15) is 5.11 Å². The third kappa shape index (κ3) is 3.26. The van der Waals surface area contributed by atoms with Crippen molar-refractivity contribution in [1.82, 2.24) is 0 Å². The average molecular weight is 1500 g/mol. The zero-order valence-electron chi connectivity index (χ0n) is 11.9. The average Bonchev–Trinajstić information content (AvgIpc) is 2.49. The predicted molar refractivity (Wildman–Crippen MR) is 181 cm³/mol. The number of rotatable bonds is 0. The molecule has 2 aliphatic rings. The lowest BCUT2D eigenvalue weighted by Crippen LogP contribution is -2.94. The van der Waals surface area contributed by atoms with Crippen molar-refractivity contribution in [2.45, 2.75) is 35.8 Å². The summed E-state index contributed by atoms with van der Waals surface area (Å²) in [6.45, 7) is 0. The fourth-order valence-corrected chi connectivity index (χ4v) is 25.6. The number of alkyl halides is 17. The van der Waals surface area contributed by atoms with E-state index in [0.29, 0.717) is 0 Å². The van der Waals surface area contributed by atoms with Crippen LogP contribution in [0.5, 0.6) is 0 Å². The molecule has 1 N–H and O–H groups in total. The highest BCUT2D eigenvalue weighted by Crippen LogP contribution is 2.91. The van der Waals surface area contributed by atoms with Crippen molar-refractivity contribution in [1.29, 1.82) is 0 Å². The van der Waals surface area contributed by atoms with Crippen LogP contribution in [0.3, 0.4) is 0 Å². The standard InChI is InChI=1S/C10HBr17O/c11-1-2(12,5(17,18)7(21,22)6(19,20)3(1,13)14)10(27,28)9(25,26)8(23,24)4(1,15)16/h28H. The van der Waals surface area contributed by atoms with E-state index in [1.54, 1.807) is 0 Å². The monoisotopic (exact) mass is 1480 g/mol. The number of hydrogen-bond acceptors (Lipinski definition) is 1. The van der Waals surface area contributed by atoms with Crippen LogP contribution in [0, 0.1) is 0 Å². The Balaban J connectivity index is 3.23. The first-order chi connectivity index (χ1) is 11.8. The molecule has 28 heavy (non-hydrogen) atoms. The van der Waals surface area contributed by atoms with Crippen molar-refractivity contribution < 1.29 is 5.11 Å². The fraction of sp³-hybridized carbons (Fsp3) is 1.00. The molecule has 0 aliphatic heterocycles. The summed E-state index contributed by atoms with van der Waals surface area (Å²) in [6, 6.07) is 0. The van der Waals surface area contributed by atoms with Crippen LogP contribution in [0.4, 0.5) is 0 Å². The lowest BCUT2D eigenvalue weighted by Gasteiger charge is -2.78. The molecule has 2 saturated carbocycles. The van der Waals surface area contributed by atoms with Gasteiger partial charge in [0.25, 0.3) is 0 Å². The maximum absolute atomic E-state index is 12.1. The molecule has 0 bridgehead atoms. The smallest absolute Gasteiger partial charge is 0.165 e. The first-order valence-electron chi connectivity index (χ1n) is 6.19. The van der Waals surface area contributed by atoms with Crippen LogP contribution < -0.4 is 0 Å². The molecule has 0 radical (unpaired) electrons. The normalized spacial score (nSPS) is 46.5. The van der Waals surface area contributed by atoms with Crippen LogP contribution in [0.25, 0.3) is 0 Å². The molecule has 0 heterocycles. The van der Waals surface area contributed by atoms with Gasteiger partial charge in [-0.3, -0.25) is 0 Å². The third-order valence-electron chi connectivity index (χ3n) is 4.62. The molecule has 0 spiro atoms. The summed E-state index contributed by atoms with van der Waals surface area (Å²) in [5, 5.41) is 12.1. The second-order valence-electron chi connectivity index (χ2n) is 5.96. The van der Waals surface area contributed by atoms with Gasteiger partial charge in [-0.05, 0) is 15.9 Å². The molecule has 0 aromatic heterocycles. The third-order valence-corrected chi connectivity index (χ3v) is 41.9. The molecule has 2 rings (SSSR count). The Morgan fingerprint density at radius 1 is 0.286 bits per heavy atom. The summed E-state index contributed by atoms with van der Waals surface area (Å²) in [5.74, 6) is 0. The van der Waals surface area contributed by atoms with E-state index in [-0.39, 0.29) is 0 Å². The van der Waals surface area contributed by atoms with Crippen molar-refractivity contribution in [3.8, 4) is 0 Å². The summed E-state index contributed by atoms with van der Waals surface area (Å²) in [5.41, 5.74) is 0. The quantitative estimate of drug-likeness (QED) is 0.240. The molecule has 3 atom stereocenters. The second kappa shape index (κ2) is 8.81. The molecule has 166 valence electrons. The summed E-state index contributed by atoms with van der Waals surface area (Å²) in [6.07, 6.45) is 0. The highest BCUT2D eigenvalue weighted by Gasteiger charge is 2.98. The van der Waals surface area contributed by atoms with Gasteiger partial charge >= 0.3 is 0 Å². The number of aliphatic hydroxyl groups is 1. The van der Waals surface area contributed by atoms with Crippen molar-refractivity contribution in [2.75, 3.05) is 0 Å². The molecule has 0 aromatic rings. The molecule has 18 heteroatoms. The highest BCUT2D eigenvalue weighted by molar-refractivity contribution is 9.36. The Morgan fingerprint density at radius 2 is 0.500 bits per heavy atom. The van der Waals surface area contributed by atoms with E-state index in [4.69, 9.17) is 0 Å². The lowest BCUT2D eigenvalue weighted by molar-refractivity contribution is 0.0319. The van der Waals surface area contributed by atoms with Gasteiger partial charge in [0, 0.05) is 0 Å². The topological polar surface area (TPSA) is 20.2 Å². The minimum atomic E-state index is -1.72. The van der Waals surface area contributed by atoms with E-state index in [0.717, 1.165) is 0 Å². The maximum atomic E-state index is 12.1. The second-order valence-corrected chi connectivity index (χ2v) is 33.6. The Hall–Kier alpha value is 8.12. The van der Waals surface area contributed by atoms with Gasteiger partial charge in [0.15, 0.2) is 4.51 Å². The molecule has 2 aliphatic carbocycles. The lowest BCUT2D eigenvalue weighted by atomic mass is 9.67. The highest BCUT2D eigenvalue weighted by atomic mass is 79.9. The molecule has 2 fully saturated rings. The maximum Gasteiger partial charge on any atom is 0.165 e. The van der Waals surface area contributed by atoms with Crippen molar-refractivity contribution >= 4 is 271 Å². The molecular weight excluding hydrogens is 1490 g/mol. The number of halogens is 17. The van der Waals surface area contributed by atoms with Gasteiger partial charge in [0.1, 0.15) is 31.3 Å². The van der Waals surface area contributed by atoms with Gasteiger partial charge in [-0.1, -0.05) is 255 Å². The van der Waals surface area contributed by atoms with E-state index in [1.165, 1.54) is 0 Å². The van der Waals surface area contributed by atoms with Gasteiger partial charge in [-0.25, -0.2) is 0 Å². The Morgan fingerprint density at radius 3 is 0.786 bits per heavy atom. The Kier molecular flexibility index (Phi) is 10.2. The van der Waals surface area contributed by atoms with Crippen LogP contribution in [-0.2, 0) is 0 Å². The fourth-order valence-electron chi connectivity index (χ4n) is 2.95. The number of fused-ring (bicyclic) bond motifs is 1. The SMILES string of the molecule is OC1(Br)C(Br)(Br)C(Br)(Br)C(Br)(Br)C2(Br)C(Br)(Br)C(Br)(Br)C(Br)(Br)C(Br)(Br)C12Br. The molecule has 0 aromatic carbocycles. The Bertz CT molecular complexity index is 593. The predicted octanol–water partition coefficient (Wildman–Crippen LogP) is 11.8. The van der Waals surface area contributed by atoms with Crippen molar-refractivity contribution in [3.63, 3.8) is 0 Å². The van der Waals surface area contributed by atoms with Crippen molar-refractivity contribution in [3.05, 3.63) is 0 Å². The molecule has 0 saturated heterocycles. The molecule has 1 nitrogen and oxygen atoms in total. The van der Waals surface area contributed by atoms with Gasteiger partial charge in [-0.2, -0.15) is 0 Å². The largest absolute Gasteiger partial charge is 0.375 e. The van der Waals surface area contributed by atoms with Crippen molar-refractivity contribution in [2.24, 2.45) is 0 Å². The van der Waals surface area contributed by atoms with Crippen LogP contribution in [0.15, 0.2) is 0 Å². The zero-order chi connectivity index (χ0) is 23.0. The molecular formula is C10HBr17O. The van der Waals surface area contributed by atoms with Crippen LogP contribution in [0.2, 0.25) is 0 Å². The Labute approximate surface area is 305 Å². The number of hydrogen-bond donors (Lipinski definition) is 1. The van der Waals surface area contributed by atoms with Gasteiger partial charge < -0.3 is 5.11 Å². The van der Waals surface area contributed by atoms with Crippen LogP contribution in [0.1, 0.15) is 0 Å². The first kappa shape index (κ1) is 32.3. The van der Waals surface area contributed by atoms with Gasteiger partial charge in [0.05, 0.1) is 0 Å². The first-order valence-corrected chi connectivity index (χ1v) is 19.7. The minimum absolute atomic E-state index is 0.946. The molecule has 0 amide bonds. The van der Waals surface area contributed by atoms with E-state index < -0.39 is 35.8 Å². The zero-order valence-corrected chi connectivity index (χ0v) is 38.8. The summed E-state index contributed by atoms with van der Waals surface area (Å²) in [7, 11) is 0. The summed E-state index contributed by atoms with van der Waals surface area (Å²) >= 11 is 64.7. The van der Waals surface area contributed by atoms with E-state index >= 15 is 0 Å². The van der Waals surface area contributed by atoms with Gasteiger partial charge in [-0.15, -0.1) is 0 Å². The molecule has 3 unspecified atom stereocenters. The van der Waals surface area contributed by atoms with Gasteiger partial charge in [0.2, 0.25) is 0 Å². The van der Waals surface area contributed by atoms with E-state index in [2.05, 4.69) is 271 Å². The van der Waals surface area contributed by atoms with E-state index in [1.807, 2.05) is 0 Å². The summed E-state index contributed by atoms with van der Waals surface area (Å²) in [4.78, 5) is 0. The minimum Gasteiger partial charge on any atom is -0.375 e. The summed E-state index contributed by atoms with van der Waals surface area (Å²) < 4.78 is -11.6. The van der Waals surface area contributed by atoms with Crippen LogP contribution in [-0.4, -0.2) is 40.9 Å².